The number of nitrogens with one attached hydrogen (secondary N) is 1. The highest BCUT2D eigenvalue weighted by Crippen LogP contribution is 2.49. The first-order valence-corrected chi connectivity index (χ1v) is 12.2. The lowest BCUT2D eigenvalue weighted by atomic mass is 10.0. The van der Waals surface area contributed by atoms with Crippen molar-refractivity contribution in [1.82, 2.24) is 4.90 Å². The van der Waals surface area contributed by atoms with Gasteiger partial charge in [-0.25, -0.2) is 0 Å². The molecule has 3 amide bonds. The van der Waals surface area contributed by atoms with Crippen molar-refractivity contribution in [1.29, 1.82) is 0 Å². The molecule has 0 aliphatic carbocycles. The first-order chi connectivity index (χ1) is 17.8. The Morgan fingerprint density at radius 2 is 1.68 bits per heavy atom. The molecule has 0 aromatic heterocycles. The predicted octanol–water partition coefficient (Wildman–Crippen LogP) is 4.97. The quantitative estimate of drug-likeness (QED) is 0.496. The molecule has 2 aliphatic rings. The summed E-state index contributed by atoms with van der Waals surface area (Å²) in [6.07, 6.45) is -0.621. The number of rotatable bonds is 7. The van der Waals surface area contributed by atoms with Gasteiger partial charge in [0.25, 0.3) is 11.8 Å². The van der Waals surface area contributed by atoms with Gasteiger partial charge >= 0.3 is 0 Å². The number of amides is 3. The fraction of sp³-hybridized carbons (Fsp3) is 0.276. The van der Waals surface area contributed by atoms with Crippen molar-refractivity contribution >= 4 is 29.1 Å². The van der Waals surface area contributed by atoms with Crippen LogP contribution >= 0.6 is 0 Å². The molecule has 2 heterocycles. The van der Waals surface area contributed by atoms with Crippen molar-refractivity contribution in [3.8, 4) is 11.5 Å². The number of hydrogen-bond donors (Lipinski definition) is 1. The number of anilines is 2. The summed E-state index contributed by atoms with van der Waals surface area (Å²) in [5.41, 5.74) is 3.82. The number of carbonyl (C=O) groups is 3. The Balaban J connectivity index is 1.45. The molecule has 1 atom stereocenters. The van der Waals surface area contributed by atoms with Crippen LogP contribution in [-0.2, 0) is 4.79 Å². The van der Waals surface area contributed by atoms with E-state index in [0.717, 1.165) is 0 Å². The maximum absolute atomic E-state index is 13.7. The molecule has 190 valence electrons. The third kappa shape index (κ3) is 4.08. The number of nitrogens with zero attached hydrogens (tertiary/aromatic N) is 2. The first-order valence-electron chi connectivity index (χ1n) is 12.2. The second-order valence-corrected chi connectivity index (χ2v) is 9.40. The molecule has 8 nitrogen and oxygen atoms in total. The molecule has 0 fully saturated rings. The van der Waals surface area contributed by atoms with Crippen LogP contribution < -0.4 is 19.7 Å². The zero-order valence-electron chi connectivity index (χ0n) is 21.3. The zero-order valence-corrected chi connectivity index (χ0v) is 21.3. The summed E-state index contributed by atoms with van der Waals surface area (Å²) in [6.45, 7) is 4.36. The molecule has 0 radical (unpaired) electrons. The molecule has 0 bridgehead atoms. The fourth-order valence-corrected chi connectivity index (χ4v) is 5.05. The molecule has 5 rings (SSSR count). The summed E-state index contributed by atoms with van der Waals surface area (Å²) in [7, 11) is 2.99. The number of carbonyl (C=O) groups excluding carboxylic acids is 3. The molecule has 8 heteroatoms. The minimum atomic E-state index is -0.692. The molecule has 3 aromatic carbocycles. The number of methoxy groups -OCH3 is 2. The summed E-state index contributed by atoms with van der Waals surface area (Å²) in [5.74, 6) is 0.427. The van der Waals surface area contributed by atoms with E-state index in [4.69, 9.17) is 9.47 Å². The molecule has 0 spiro atoms. The molecule has 1 N–H and O–H groups in total. The lowest BCUT2D eigenvalue weighted by Crippen LogP contribution is -2.49. The molecule has 2 aliphatic heterocycles. The average molecular weight is 500 g/mol. The molecular formula is C29H29N3O5. The summed E-state index contributed by atoms with van der Waals surface area (Å²) in [6, 6.07) is 18.3. The van der Waals surface area contributed by atoms with Gasteiger partial charge in [-0.05, 0) is 41.8 Å². The highest BCUT2D eigenvalue weighted by atomic mass is 16.5. The van der Waals surface area contributed by atoms with Gasteiger partial charge in [0, 0.05) is 24.2 Å². The lowest BCUT2D eigenvalue weighted by Gasteiger charge is -2.40. The van der Waals surface area contributed by atoms with Crippen molar-refractivity contribution in [2.24, 2.45) is 0 Å². The van der Waals surface area contributed by atoms with E-state index in [1.807, 2.05) is 24.3 Å². The Bertz CT molecular complexity index is 1380. The van der Waals surface area contributed by atoms with Gasteiger partial charge < -0.3 is 19.7 Å². The number of fused-ring (bicyclic) bond motifs is 5. The van der Waals surface area contributed by atoms with E-state index in [-0.39, 0.29) is 30.7 Å². The van der Waals surface area contributed by atoms with E-state index in [1.54, 1.807) is 46.2 Å². The smallest absolute Gasteiger partial charge is 0.264 e. The normalized spacial score (nSPS) is 15.9. The Morgan fingerprint density at radius 3 is 2.35 bits per heavy atom. The third-order valence-corrected chi connectivity index (χ3v) is 6.92. The van der Waals surface area contributed by atoms with Crippen LogP contribution in [0.3, 0.4) is 0 Å². The SMILES string of the molecule is COc1ccc2c(c1OC)C(=O)N1c3ccccc3C(=O)N(CCC(=O)Nc3ccc(C(C)C)cc3)[C@H]21. The minimum absolute atomic E-state index is 0.0704. The lowest BCUT2D eigenvalue weighted by molar-refractivity contribution is -0.116. The van der Waals surface area contributed by atoms with Crippen LogP contribution in [0.1, 0.15) is 64.2 Å². The number of benzene rings is 3. The Hall–Kier alpha value is -4.33. The highest BCUT2D eigenvalue weighted by Gasteiger charge is 2.49. The Kier molecular flexibility index (Phi) is 6.33. The van der Waals surface area contributed by atoms with E-state index in [1.165, 1.54) is 19.8 Å². The van der Waals surface area contributed by atoms with Gasteiger partial charge in [-0.1, -0.05) is 44.2 Å². The van der Waals surface area contributed by atoms with Crippen LogP contribution in [0.4, 0.5) is 11.4 Å². The largest absolute Gasteiger partial charge is 0.493 e. The number of ether oxygens (including phenoxy) is 2. The van der Waals surface area contributed by atoms with Crippen molar-refractivity contribution in [3.05, 3.63) is 82.9 Å². The van der Waals surface area contributed by atoms with Crippen LogP contribution in [0.5, 0.6) is 11.5 Å². The topological polar surface area (TPSA) is 88.2 Å². The Labute approximate surface area is 215 Å². The molecule has 37 heavy (non-hydrogen) atoms. The van der Waals surface area contributed by atoms with E-state index >= 15 is 0 Å². The maximum Gasteiger partial charge on any atom is 0.264 e. The summed E-state index contributed by atoms with van der Waals surface area (Å²) in [5, 5.41) is 2.91. The molecule has 0 saturated carbocycles. The highest BCUT2D eigenvalue weighted by molar-refractivity contribution is 6.18. The van der Waals surface area contributed by atoms with Gasteiger partial charge in [-0.2, -0.15) is 0 Å². The van der Waals surface area contributed by atoms with Gasteiger partial charge in [0.1, 0.15) is 6.17 Å². The van der Waals surface area contributed by atoms with Crippen LogP contribution in [0.2, 0.25) is 0 Å². The first kappa shape index (κ1) is 24.4. The number of para-hydroxylation sites is 1. The van der Waals surface area contributed by atoms with Crippen molar-refractivity contribution in [2.45, 2.75) is 32.4 Å². The van der Waals surface area contributed by atoms with Crippen LogP contribution in [0.25, 0.3) is 0 Å². The van der Waals surface area contributed by atoms with Gasteiger partial charge in [-0.15, -0.1) is 0 Å². The second-order valence-electron chi connectivity index (χ2n) is 9.40. The molecule has 0 unspecified atom stereocenters. The van der Waals surface area contributed by atoms with Gasteiger partial charge in [0.15, 0.2) is 11.5 Å². The third-order valence-electron chi connectivity index (χ3n) is 6.92. The van der Waals surface area contributed by atoms with Gasteiger partial charge in [0.2, 0.25) is 5.91 Å². The van der Waals surface area contributed by atoms with Crippen LogP contribution in [0.15, 0.2) is 60.7 Å². The van der Waals surface area contributed by atoms with Crippen LogP contribution in [-0.4, -0.2) is 43.4 Å². The fourth-order valence-electron chi connectivity index (χ4n) is 5.05. The maximum atomic E-state index is 13.7. The molecule has 3 aromatic rings. The minimum Gasteiger partial charge on any atom is -0.493 e. The Morgan fingerprint density at radius 1 is 0.946 bits per heavy atom. The second kappa shape index (κ2) is 9.61. The van der Waals surface area contributed by atoms with Crippen molar-refractivity contribution in [2.75, 3.05) is 31.0 Å². The van der Waals surface area contributed by atoms with E-state index in [9.17, 15) is 14.4 Å². The summed E-state index contributed by atoms with van der Waals surface area (Å²) >= 11 is 0. The standard InChI is InChI=1S/C29H29N3O5/c1-17(2)18-9-11-19(12-10-18)30-24(33)15-16-31-27-21-13-14-23(36-3)26(37-4)25(21)29(35)32(27)22-8-6-5-7-20(22)28(31)34/h5-14,17,27H,15-16H2,1-4H3,(H,30,33)/t27-/m0/s1. The van der Waals surface area contributed by atoms with Gasteiger partial charge in [0.05, 0.1) is 31.0 Å². The van der Waals surface area contributed by atoms with Crippen molar-refractivity contribution in [3.63, 3.8) is 0 Å². The zero-order chi connectivity index (χ0) is 26.3. The predicted molar refractivity (Wildman–Crippen MR) is 140 cm³/mol. The van der Waals surface area contributed by atoms with E-state index in [2.05, 4.69) is 19.2 Å². The van der Waals surface area contributed by atoms with Crippen molar-refractivity contribution < 1.29 is 23.9 Å². The molecule has 0 saturated heterocycles. The van der Waals surface area contributed by atoms with Crippen LogP contribution in [0, 0.1) is 0 Å². The summed E-state index contributed by atoms with van der Waals surface area (Å²) in [4.78, 5) is 43.4. The molecular weight excluding hydrogens is 470 g/mol. The van der Waals surface area contributed by atoms with Gasteiger partial charge in [-0.3, -0.25) is 19.3 Å². The summed E-state index contributed by atoms with van der Waals surface area (Å²) < 4.78 is 11.0. The van der Waals surface area contributed by atoms with E-state index in [0.29, 0.717) is 45.5 Å². The average Bonchev–Trinajstić information content (AvgIpc) is 3.20. The monoisotopic (exact) mass is 499 g/mol. The number of hydrogen-bond acceptors (Lipinski definition) is 5. The van der Waals surface area contributed by atoms with E-state index < -0.39 is 6.17 Å².